The van der Waals surface area contributed by atoms with Gasteiger partial charge in [-0.1, -0.05) is 134 Å². The van der Waals surface area contributed by atoms with Gasteiger partial charge in [0.25, 0.3) is 0 Å². The van der Waals surface area contributed by atoms with E-state index in [1.165, 1.54) is 83.5 Å². The highest BCUT2D eigenvalue weighted by Crippen LogP contribution is 2.15. The van der Waals surface area contributed by atoms with Gasteiger partial charge in [0.1, 0.15) is 6.61 Å². The minimum atomic E-state index is -0.779. The Kier molecular flexibility index (Phi) is 21.9. The maximum Gasteiger partial charge on any atom is 0.346 e. The predicted octanol–water partition coefficient (Wildman–Crippen LogP) is 7.85. The van der Waals surface area contributed by atoms with Gasteiger partial charge in [0, 0.05) is 6.61 Å². The maximum absolute atomic E-state index is 12.2. The molecule has 0 bridgehead atoms. The van der Waals surface area contributed by atoms with Gasteiger partial charge >= 0.3 is 11.9 Å². The van der Waals surface area contributed by atoms with Crippen LogP contribution in [-0.2, 0) is 30.7 Å². The van der Waals surface area contributed by atoms with Crippen LogP contribution in [-0.4, -0.2) is 30.3 Å². The van der Waals surface area contributed by atoms with Crippen LogP contribution in [0.4, 0.5) is 0 Å². The topological polar surface area (TPSA) is 82.1 Å². The molecule has 0 heterocycles. The monoisotopic (exact) mass is 520 g/mol. The van der Waals surface area contributed by atoms with E-state index in [1.54, 1.807) is 0 Å². The van der Waals surface area contributed by atoms with E-state index in [1.807, 2.05) is 30.3 Å². The molecule has 6 heteroatoms. The van der Waals surface area contributed by atoms with E-state index in [2.05, 4.69) is 6.92 Å². The van der Waals surface area contributed by atoms with Gasteiger partial charge in [-0.25, -0.2) is 4.79 Å². The lowest BCUT2D eigenvalue weighted by Gasteiger charge is -2.13. The van der Waals surface area contributed by atoms with Crippen LogP contribution >= 0.6 is 0 Å². The summed E-state index contributed by atoms with van der Waals surface area (Å²) in [7, 11) is 0. The van der Waals surface area contributed by atoms with Gasteiger partial charge in [-0.3, -0.25) is 9.68 Å². The molecule has 0 aliphatic carbocycles. The molecular formula is C31H52O6. The van der Waals surface area contributed by atoms with Crippen molar-refractivity contribution in [2.75, 3.05) is 13.2 Å². The van der Waals surface area contributed by atoms with Gasteiger partial charge in [-0.05, 0) is 18.4 Å². The van der Waals surface area contributed by atoms with Crippen molar-refractivity contribution in [2.45, 2.75) is 129 Å². The molecule has 0 saturated carbocycles. The zero-order valence-corrected chi connectivity index (χ0v) is 23.3. The van der Waals surface area contributed by atoms with Crippen LogP contribution in [0.15, 0.2) is 30.3 Å². The number of rotatable bonds is 25. The molecule has 1 rings (SSSR count). The summed E-state index contributed by atoms with van der Waals surface area (Å²) >= 11 is 0. The second kappa shape index (κ2) is 24.4. The number of aliphatic hydroxyl groups excluding tert-OH is 1. The Morgan fingerprint density at radius 3 is 1.78 bits per heavy atom. The summed E-state index contributed by atoms with van der Waals surface area (Å²) in [6, 6.07) is 9.34. The van der Waals surface area contributed by atoms with Crippen LogP contribution in [0.3, 0.4) is 0 Å². The van der Waals surface area contributed by atoms with E-state index < -0.39 is 17.9 Å². The standard InChI is InChI=1S/C31H52O6/c1-2-3-4-5-6-7-8-9-10-11-12-13-14-15-16-20-25-36-37-31(34)29(23-24-32)26-30(33)35-27-28-21-18-17-19-22-28/h17-19,21-22,29,32H,2-16,20,23-27H2,1H3. The summed E-state index contributed by atoms with van der Waals surface area (Å²) in [5, 5.41) is 9.23. The number of hydrogen-bond acceptors (Lipinski definition) is 6. The number of benzene rings is 1. The Labute approximate surface area is 225 Å². The van der Waals surface area contributed by atoms with E-state index in [-0.39, 0.29) is 26.1 Å². The van der Waals surface area contributed by atoms with Gasteiger partial charge in [0.05, 0.1) is 18.9 Å². The highest BCUT2D eigenvalue weighted by molar-refractivity contribution is 5.79. The lowest BCUT2D eigenvalue weighted by Crippen LogP contribution is -2.23. The molecule has 6 nitrogen and oxygen atoms in total. The molecule has 37 heavy (non-hydrogen) atoms. The molecule has 212 valence electrons. The van der Waals surface area contributed by atoms with Crippen LogP contribution < -0.4 is 0 Å². The summed E-state index contributed by atoms with van der Waals surface area (Å²) in [6.45, 7) is 2.54. The third kappa shape index (κ3) is 19.8. The molecule has 1 aromatic rings. The number of carbonyl (C=O) groups is 2. The average molecular weight is 521 g/mol. The van der Waals surface area contributed by atoms with E-state index in [0.29, 0.717) is 6.61 Å². The van der Waals surface area contributed by atoms with Gasteiger partial charge in [-0.2, -0.15) is 4.89 Å². The SMILES string of the molecule is CCCCCCCCCCCCCCCCCCOOC(=O)C(CCO)CC(=O)OCc1ccccc1. The number of hydrogen-bond donors (Lipinski definition) is 1. The molecular weight excluding hydrogens is 468 g/mol. The fourth-order valence-electron chi connectivity index (χ4n) is 4.33. The first-order chi connectivity index (χ1) is 18.2. The molecule has 1 N–H and O–H groups in total. The normalized spacial score (nSPS) is 11.8. The average Bonchev–Trinajstić information content (AvgIpc) is 2.91. The minimum Gasteiger partial charge on any atom is -0.461 e. The molecule has 0 aliphatic heterocycles. The van der Waals surface area contributed by atoms with Gasteiger partial charge in [-0.15, -0.1) is 0 Å². The first-order valence-electron chi connectivity index (χ1n) is 14.8. The Hall–Kier alpha value is -1.92. The van der Waals surface area contributed by atoms with Gasteiger partial charge < -0.3 is 9.84 Å². The summed E-state index contributed by atoms with van der Waals surface area (Å²) in [5.41, 5.74) is 0.874. The Morgan fingerprint density at radius 2 is 1.27 bits per heavy atom. The molecule has 0 aliphatic rings. The maximum atomic E-state index is 12.2. The van der Waals surface area contributed by atoms with Crippen LogP contribution in [0.5, 0.6) is 0 Å². The molecule has 1 unspecified atom stereocenters. The Balaban J connectivity index is 1.95. The fraction of sp³-hybridized carbons (Fsp3) is 0.742. The molecule has 1 aromatic carbocycles. The van der Waals surface area contributed by atoms with Crippen molar-refractivity contribution in [1.82, 2.24) is 0 Å². The first-order valence-corrected chi connectivity index (χ1v) is 14.8. The van der Waals surface area contributed by atoms with Gasteiger partial charge in [0.15, 0.2) is 0 Å². The van der Waals surface area contributed by atoms with E-state index in [9.17, 15) is 14.7 Å². The number of ether oxygens (including phenoxy) is 1. The summed E-state index contributed by atoms with van der Waals surface area (Å²) < 4.78 is 5.23. The molecule has 1 atom stereocenters. The van der Waals surface area contributed by atoms with E-state index >= 15 is 0 Å². The van der Waals surface area contributed by atoms with Crippen LogP contribution in [0.1, 0.15) is 128 Å². The first kappa shape index (κ1) is 33.1. The van der Waals surface area contributed by atoms with Crippen molar-refractivity contribution < 1.29 is 29.2 Å². The highest BCUT2D eigenvalue weighted by Gasteiger charge is 2.25. The lowest BCUT2D eigenvalue weighted by molar-refractivity contribution is -0.277. The molecule has 0 radical (unpaired) electrons. The third-order valence-corrected chi connectivity index (χ3v) is 6.69. The lowest BCUT2D eigenvalue weighted by atomic mass is 10.0. The Bertz CT molecular complexity index is 663. The Morgan fingerprint density at radius 1 is 0.757 bits per heavy atom. The van der Waals surface area contributed by atoms with Crippen LogP contribution in [0.25, 0.3) is 0 Å². The number of carbonyl (C=O) groups excluding carboxylic acids is 2. The second-order valence-corrected chi connectivity index (χ2v) is 10.1. The molecule has 0 aromatic heterocycles. The minimum absolute atomic E-state index is 0.127. The van der Waals surface area contributed by atoms with Gasteiger partial charge in [0.2, 0.25) is 0 Å². The molecule has 0 spiro atoms. The number of aliphatic hydroxyl groups is 1. The number of esters is 1. The summed E-state index contributed by atoms with van der Waals surface area (Å²) in [4.78, 5) is 34.3. The van der Waals surface area contributed by atoms with Crippen molar-refractivity contribution in [1.29, 1.82) is 0 Å². The fourth-order valence-corrected chi connectivity index (χ4v) is 4.33. The van der Waals surface area contributed by atoms with Crippen molar-refractivity contribution in [3.63, 3.8) is 0 Å². The molecule has 0 amide bonds. The van der Waals surface area contributed by atoms with Crippen LogP contribution in [0, 0.1) is 5.92 Å². The highest BCUT2D eigenvalue weighted by atomic mass is 17.2. The van der Waals surface area contributed by atoms with Crippen molar-refractivity contribution in [3.05, 3.63) is 35.9 Å². The summed E-state index contributed by atoms with van der Waals surface area (Å²) in [6.07, 6.45) is 20.7. The zero-order valence-electron chi connectivity index (χ0n) is 23.3. The second-order valence-electron chi connectivity index (χ2n) is 10.1. The van der Waals surface area contributed by atoms with Crippen molar-refractivity contribution in [3.8, 4) is 0 Å². The van der Waals surface area contributed by atoms with Crippen molar-refractivity contribution >= 4 is 11.9 Å². The van der Waals surface area contributed by atoms with E-state index in [0.717, 1.165) is 24.8 Å². The summed E-state index contributed by atoms with van der Waals surface area (Å²) in [5.74, 6) is -1.92. The van der Waals surface area contributed by atoms with Crippen molar-refractivity contribution in [2.24, 2.45) is 5.92 Å². The quantitative estimate of drug-likeness (QED) is 0.0612. The largest absolute Gasteiger partial charge is 0.461 e. The molecule has 0 fully saturated rings. The predicted molar refractivity (Wildman–Crippen MR) is 148 cm³/mol. The third-order valence-electron chi connectivity index (χ3n) is 6.69. The molecule has 0 saturated heterocycles. The zero-order chi connectivity index (χ0) is 26.8. The van der Waals surface area contributed by atoms with E-state index in [4.69, 9.17) is 14.5 Å². The smallest absolute Gasteiger partial charge is 0.346 e. The van der Waals surface area contributed by atoms with Crippen LogP contribution in [0.2, 0.25) is 0 Å². The number of unbranched alkanes of at least 4 members (excludes halogenated alkanes) is 15.